The molecule has 6 heteroatoms. The van der Waals surface area contributed by atoms with Gasteiger partial charge in [0.15, 0.2) is 0 Å². The lowest BCUT2D eigenvalue weighted by atomic mass is 9.91. The zero-order valence-corrected chi connectivity index (χ0v) is 11.5. The molecule has 0 aromatic carbocycles. The first kappa shape index (κ1) is 14.1. The number of carboxylic acids is 1. The molecule has 108 valence electrons. The van der Waals surface area contributed by atoms with E-state index in [1.165, 1.54) is 4.90 Å². The first-order valence-electron chi connectivity index (χ1n) is 6.90. The van der Waals surface area contributed by atoms with E-state index in [9.17, 15) is 14.7 Å². The van der Waals surface area contributed by atoms with Crippen LogP contribution in [0.15, 0.2) is 0 Å². The van der Waals surface area contributed by atoms with Gasteiger partial charge in [-0.1, -0.05) is 6.92 Å². The van der Waals surface area contributed by atoms with Crippen molar-refractivity contribution in [2.24, 2.45) is 5.92 Å². The molecule has 0 spiro atoms. The molecular weight excluding hydrogens is 248 g/mol. The predicted octanol–water partition coefficient (Wildman–Crippen LogP) is 1.01. The minimum atomic E-state index is -0.901. The van der Waals surface area contributed by atoms with Gasteiger partial charge in [-0.2, -0.15) is 0 Å². The molecule has 19 heavy (non-hydrogen) atoms. The molecule has 0 bridgehead atoms. The Morgan fingerprint density at radius 2 is 2.00 bits per heavy atom. The van der Waals surface area contributed by atoms with Gasteiger partial charge in [0.2, 0.25) is 0 Å². The van der Waals surface area contributed by atoms with Crippen molar-refractivity contribution in [3.05, 3.63) is 0 Å². The van der Waals surface area contributed by atoms with Gasteiger partial charge in [0, 0.05) is 19.6 Å². The van der Waals surface area contributed by atoms with Gasteiger partial charge in [0.1, 0.15) is 6.04 Å². The summed E-state index contributed by atoms with van der Waals surface area (Å²) in [5.74, 6) is -0.893. The van der Waals surface area contributed by atoms with Crippen LogP contribution < -0.4 is 0 Å². The van der Waals surface area contributed by atoms with Crippen LogP contribution in [0.2, 0.25) is 0 Å². The predicted molar refractivity (Wildman–Crippen MR) is 68.9 cm³/mol. The van der Waals surface area contributed by atoms with Crippen LogP contribution in [-0.2, 0) is 9.53 Å². The van der Waals surface area contributed by atoms with E-state index in [0.29, 0.717) is 26.2 Å². The average Bonchev–Trinajstić information content (AvgIpc) is 2.37. The van der Waals surface area contributed by atoms with Gasteiger partial charge in [-0.3, -0.25) is 0 Å². The highest BCUT2D eigenvalue weighted by Crippen LogP contribution is 2.25. The van der Waals surface area contributed by atoms with Crippen LogP contribution in [0.1, 0.15) is 26.7 Å². The summed E-state index contributed by atoms with van der Waals surface area (Å²) < 4.78 is 5.41. The van der Waals surface area contributed by atoms with Gasteiger partial charge in [-0.05, 0) is 25.7 Å². The van der Waals surface area contributed by atoms with Gasteiger partial charge in [0.25, 0.3) is 0 Å². The normalized spacial score (nSPS) is 32.2. The van der Waals surface area contributed by atoms with Crippen molar-refractivity contribution in [2.45, 2.75) is 38.8 Å². The Bertz CT molecular complexity index is 361. The van der Waals surface area contributed by atoms with Gasteiger partial charge in [0.05, 0.1) is 12.7 Å². The van der Waals surface area contributed by atoms with Crippen LogP contribution in [0, 0.1) is 5.92 Å². The van der Waals surface area contributed by atoms with Gasteiger partial charge < -0.3 is 19.6 Å². The molecule has 2 saturated heterocycles. The fraction of sp³-hybridized carbons (Fsp3) is 0.846. The summed E-state index contributed by atoms with van der Waals surface area (Å²) in [4.78, 5) is 27.1. The lowest BCUT2D eigenvalue weighted by Gasteiger charge is -2.41. The molecule has 3 atom stereocenters. The van der Waals surface area contributed by atoms with E-state index in [0.717, 1.165) is 12.8 Å². The van der Waals surface area contributed by atoms with Crippen molar-refractivity contribution in [2.75, 3.05) is 26.2 Å². The number of carbonyl (C=O) groups is 2. The molecule has 2 amide bonds. The molecule has 0 aromatic heterocycles. The first-order valence-corrected chi connectivity index (χ1v) is 6.90. The van der Waals surface area contributed by atoms with Crippen LogP contribution in [-0.4, -0.2) is 65.3 Å². The van der Waals surface area contributed by atoms with Crippen molar-refractivity contribution < 1.29 is 19.4 Å². The maximum atomic E-state index is 12.5. The number of aliphatic carboxylic acids is 1. The third kappa shape index (κ3) is 3.00. The largest absolute Gasteiger partial charge is 0.480 e. The number of ether oxygens (including phenoxy) is 1. The van der Waals surface area contributed by atoms with Crippen molar-refractivity contribution in [1.82, 2.24) is 9.80 Å². The Hall–Kier alpha value is -1.30. The lowest BCUT2D eigenvalue weighted by Crippen LogP contribution is -2.58. The summed E-state index contributed by atoms with van der Waals surface area (Å²) in [6, 6.07) is -0.853. The number of morpholine rings is 1. The fourth-order valence-corrected chi connectivity index (χ4v) is 2.95. The van der Waals surface area contributed by atoms with E-state index in [-0.39, 0.29) is 18.1 Å². The number of likely N-dealkylation sites (tertiary alicyclic amines) is 1. The zero-order valence-electron chi connectivity index (χ0n) is 11.5. The number of carbonyl (C=O) groups excluding carboxylic acids is 1. The summed E-state index contributed by atoms with van der Waals surface area (Å²) in [5.41, 5.74) is 0. The Morgan fingerprint density at radius 1 is 1.26 bits per heavy atom. The van der Waals surface area contributed by atoms with E-state index >= 15 is 0 Å². The van der Waals surface area contributed by atoms with E-state index in [2.05, 4.69) is 0 Å². The molecule has 3 unspecified atom stereocenters. The van der Waals surface area contributed by atoms with Crippen LogP contribution >= 0.6 is 0 Å². The van der Waals surface area contributed by atoms with Crippen molar-refractivity contribution in [3.63, 3.8) is 0 Å². The number of carboxylic acid groups (broad SMARTS) is 1. The van der Waals surface area contributed by atoms with Gasteiger partial charge in [-0.15, -0.1) is 0 Å². The molecule has 2 aliphatic heterocycles. The van der Waals surface area contributed by atoms with E-state index in [4.69, 9.17) is 4.74 Å². The molecule has 0 radical (unpaired) electrons. The standard InChI is InChI=1S/C13H22N2O4/c1-9-4-3-5-15(11(9)12(16)17)13(18)14-6-7-19-10(2)8-14/h9-11H,3-8H2,1-2H3,(H,16,17). The quantitative estimate of drug-likeness (QED) is 0.772. The van der Waals surface area contributed by atoms with Gasteiger partial charge in [-0.25, -0.2) is 9.59 Å². The minimum absolute atomic E-state index is 0.00802. The van der Waals surface area contributed by atoms with Crippen molar-refractivity contribution in [3.8, 4) is 0 Å². The molecular formula is C13H22N2O4. The second-order valence-electron chi connectivity index (χ2n) is 5.51. The number of amides is 2. The Labute approximate surface area is 113 Å². The van der Waals surface area contributed by atoms with Crippen molar-refractivity contribution in [1.29, 1.82) is 0 Å². The van der Waals surface area contributed by atoms with E-state index in [1.807, 2.05) is 13.8 Å². The molecule has 0 aromatic rings. The Kier molecular flexibility index (Phi) is 4.29. The van der Waals surface area contributed by atoms with Crippen LogP contribution in [0.25, 0.3) is 0 Å². The molecule has 0 aliphatic carbocycles. The SMILES string of the molecule is CC1CN(C(=O)N2CCCC(C)C2C(=O)O)CCO1. The number of urea groups is 1. The molecule has 0 saturated carbocycles. The number of nitrogens with zero attached hydrogens (tertiary/aromatic N) is 2. The summed E-state index contributed by atoms with van der Waals surface area (Å²) in [6.07, 6.45) is 1.75. The summed E-state index contributed by atoms with van der Waals surface area (Å²) in [5, 5.41) is 9.34. The topological polar surface area (TPSA) is 70.1 Å². The fourth-order valence-electron chi connectivity index (χ4n) is 2.95. The summed E-state index contributed by atoms with van der Waals surface area (Å²) in [7, 11) is 0. The second kappa shape index (κ2) is 5.77. The van der Waals surface area contributed by atoms with Crippen molar-refractivity contribution >= 4 is 12.0 Å². The third-order valence-electron chi connectivity index (χ3n) is 3.94. The molecule has 6 nitrogen and oxygen atoms in total. The number of piperidine rings is 1. The first-order chi connectivity index (χ1) is 9.00. The highest BCUT2D eigenvalue weighted by Gasteiger charge is 2.39. The molecule has 2 rings (SSSR count). The maximum absolute atomic E-state index is 12.5. The summed E-state index contributed by atoms with van der Waals surface area (Å²) >= 11 is 0. The highest BCUT2D eigenvalue weighted by molar-refractivity contribution is 5.83. The Morgan fingerprint density at radius 3 is 2.63 bits per heavy atom. The smallest absolute Gasteiger partial charge is 0.326 e. The maximum Gasteiger partial charge on any atom is 0.326 e. The third-order valence-corrected chi connectivity index (χ3v) is 3.94. The molecule has 2 fully saturated rings. The van der Waals surface area contributed by atoms with Crippen LogP contribution in [0.5, 0.6) is 0 Å². The molecule has 2 heterocycles. The van der Waals surface area contributed by atoms with Crippen LogP contribution in [0.3, 0.4) is 0 Å². The van der Waals surface area contributed by atoms with Gasteiger partial charge >= 0.3 is 12.0 Å². The number of hydrogen-bond donors (Lipinski definition) is 1. The van der Waals surface area contributed by atoms with E-state index < -0.39 is 12.0 Å². The molecule has 2 aliphatic rings. The minimum Gasteiger partial charge on any atom is -0.480 e. The number of rotatable bonds is 1. The molecule has 1 N–H and O–H groups in total. The average molecular weight is 270 g/mol. The number of hydrogen-bond acceptors (Lipinski definition) is 3. The lowest BCUT2D eigenvalue weighted by molar-refractivity contribution is -0.145. The second-order valence-corrected chi connectivity index (χ2v) is 5.51. The summed E-state index contributed by atoms with van der Waals surface area (Å²) in [6.45, 7) is 5.96. The van der Waals surface area contributed by atoms with Crippen LogP contribution in [0.4, 0.5) is 4.79 Å². The monoisotopic (exact) mass is 270 g/mol. The van der Waals surface area contributed by atoms with E-state index in [1.54, 1.807) is 4.90 Å². The Balaban J connectivity index is 2.09. The highest BCUT2D eigenvalue weighted by atomic mass is 16.5. The zero-order chi connectivity index (χ0) is 14.0.